The largest absolute Gasteiger partial charge is 0.351 e. The van der Waals surface area contributed by atoms with Crippen LogP contribution in [0.25, 0.3) is 0 Å². The summed E-state index contributed by atoms with van der Waals surface area (Å²) in [6, 6.07) is 7.59. The van der Waals surface area contributed by atoms with Crippen LogP contribution in [0.4, 0.5) is 0 Å². The van der Waals surface area contributed by atoms with Gasteiger partial charge in [0, 0.05) is 31.9 Å². The van der Waals surface area contributed by atoms with Crippen molar-refractivity contribution in [1.82, 2.24) is 20.4 Å². The summed E-state index contributed by atoms with van der Waals surface area (Å²) < 4.78 is 1.80. The van der Waals surface area contributed by atoms with Gasteiger partial charge in [0.15, 0.2) is 0 Å². The quantitative estimate of drug-likeness (QED) is 0.754. The first kappa shape index (κ1) is 15.3. The highest BCUT2D eigenvalue weighted by Crippen LogP contribution is 2.02. The summed E-state index contributed by atoms with van der Waals surface area (Å²) in [6.45, 7) is 4.28. The summed E-state index contributed by atoms with van der Waals surface area (Å²) in [7, 11) is 1.91. The van der Waals surface area contributed by atoms with E-state index in [1.165, 1.54) is 5.56 Å². The van der Waals surface area contributed by atoms with Gasteiger partial charge < -0.3 is 10.6 Å². The fraction of sp³-hybridized carbons (Fsp3) is 0.375. The van der Waals surface area contributed by atoms with E-state index in [9.17, 15) is 4.79 Å². The van der Waals surface area contributed by atoms with Crippen molar-refractivity contribution >= 4 is 5.91 Å². The molecule has 2 aromatic rings. The molecule has 2 N–H and O–H groups in total. The summed E-state index contributed by atoms with van der Waals surface area (Å²) >= 11 is 0. The molecule has 0 unspecified atom stereocenters. The maximum Gasteiger partial charge on any atom is 0.251 e. The summed E-state index contributed by atoms with van der Waals surface area (Å²) in [5.41, 5.74) is 3.08. The molecule has 0 aliphatic heterocycles. The van der Waals surface area contributed by atoms with Gasteiger partial charge in [-0.05, 0) is 37.6 Å². The van der Waals surface area contributed by atoms with Crippen molar-refractivity contribution in [2.45, 2.75) is 13.3 Å². The van der Waals surface area contributed by atoms with Crippen LogP contribution in [0.3, 0.4) is 0 Å². The standard InChI is InChI=1S/C16H22N4O/c1-13-3-5-15(6-4-13)16(21)18-10-9-17-8-7-14-11-19-20(2)12-14/h3-6,11-12,17H,7-10H2,1-2H3,(H,18,21). The number of carbonyl (C=O) groups excluding carboxylic acids is 1. The molecule has 0 bridgehead atoms. The van der Waals surface area contributed by atoms with Gasteiger partial charge in [-0.15, -0.1) is 0 Å². The Labute approximate surface area is 125 Å². The number of hydrogen-bond acceptors (Lipinski definition) is 3. The van der Waals surface area contributed by atoms with E-state index in [1.54, 1.807) is 4.68 Å². The Morgan fingerprint density at radius 2 is 1.95 bits per heavy atom. The van der Waals surface area contributed by atoms with E-state index >= 15 is 0 Å². The molecule has 0 atom stereocenters. The van der Waals surface area contributed by atoms with Crippen molar-refractivity contribution in [2.24, 2.45) is 7.05 Å². The lowest BCUT2D eigenvalue weighted by Gasteiger charge is -2.06. The predicted molar refractivity (Wildman–Crippen MR) is 83.3 cm³/mol. The number of amides is 1. The third-order valence-corrected chi connectivity index (χ3v) is 3.25. The number of nitrogens with one attached hydrogen (secondary N) is 2. The molecule has 1 aromatic heterocycles. The van der Waals surface area contributed by atoms with Gasteiger partial charge in [-0.3, -0.25) is 9.48 Å². The second-order valence-corrected chi connectivity index (χ2v) is 5.14. The van der Waals surface area contributed by atoms with E-state index in [0.29, 0.717) is 12.1 Å². The molecular weight excluding hydrogens is 264 g/mol. The molecule has 0 saturated carbocycles. The number of carbonyl (C=O) groups is 1. The minimum absolute atomic E-state index is 0.0240. The number of benzene rings is 1. The van der Waals surface area contributed by atoms with Gasteiger partial charge in [-0.2, -0.15) is 5.10 Å². The molecule has 5 heteroatoms. The van der Waals surface area contributed by atoms with Crippen LogP contribution in [0.2, 0.25) is 0 Å². The van der Waals surface area contributed by atoms with Crippen LogP contribution in [0, 0.1) is 6.92 Å². The Hall–Kier alpha value is -2.14. The number of aromatic nitrogens is 2. The summed E-state index contributed by atoms with van der Waals surface area (Å²) in [5, 5.41) is 10.3. The molecule has 1 amide bonds. The van der Waals surface area contributed by atoms with Crippen molar-refractivity contribution in [3.63, 3.8) is 0 Å². The normalized spacial score (nSPS) is 10.6. The van der Waals surface area contributed by atoms with Crippen LogP contribution >= 0.6 is 0 Å². The van der Waals surface area contributed by atoms with Gasteiger partial charge in [0.2, 0.25) is 0 Å². The van der Waals surface area contributed by atoms with Gasteiger partial charge in [0.05, 0.1) is 6.20 Å². The first-order valence-electron chi connectivity index (χ1n) is 7.18. The third kappa shape index (κ3) is 5.04. The van der Waals surface area contributed by atoms with Gasteiger partial charge in [-0.1, -0.05) is 17.7 Å². The van der Waals surface area contributed by atoms with Crippen LogP contribution in [-0.2, 0) is 13.5 Å². The monoisotopic (exact) mass is 286 g/mol. The first-order chi connectivity index (χ1) is 10.1. The average molecular weight is 286 g/mol. The van der Waals surface area contributed by atoms with Gasteiger partial charge in [0.1, 0.15) is 0 Å². The van der Waals surface area contributed by atoms with E-state index in [4.69, 9.17) is 0 Å². The molecule has 2 rings (SSSR count). The van der Waals surface area contributed by atoms with Crippen LogP contribution < -0.4 is 10.6 Å². The van der Waals surface area contributed by atoms with E-state index in [2.05, 4.69) is 15.7 Å². The van der Waals surface area contributed by atoms with Crippen molar-refractivity contribution in [1.29, 1.82) is 0 Å². The fourth-order valence-corrected chi connectivity index (χ4v) is 2.03. The molecule has 112 valence electrons. The number of aryl methyl sites for hydroxylation is 2. The zero-order chi connectivity index (χ0) is 15.1. The minimum Gasteiger partial charge on any atom is -0.351 e. The van der Waals surface area contributed by atoms with Gasteiger partial charge in [0.25, 0.3) is 5.91 Å². The van der Waals surface area contributed by atoms with Crippen molar-refractivity contribution < 1.29 is 4.79 Å². The lowest BCUT2D eigenvalue weighted by molar-refractivity contribution is 0.0954. The van der Waals surface area contributed by atoms with Crippen LogP contribution in [0.1, 0.15) is 21.5 Å². The van der Waals surface area contributed by atoms with Gasteiger partial charge >= 0.3 is 0 Å². The lowest BCUT2D eigenvalue weighted by Crippen LogP contribution is -2.32. The highest BCUT2D eigenvalue weighted by atomic mass is 16.1. The Kier molecular flexibility index (Phi) is 5.51. The van der Waals surface area contributed by atoms with E-state index < -0.39 is 0 Å². The van der Waals surface area contributed by atoms with Crippen molar-refractivity contribution in [2.75, 3.05) is 19.6 Å². The van der Waals surface area contributed by atoms with Crippen LogP contribution in [-0.4, -0.2) is 35.3 Å². The SMILES string of the molecule is Cc1ccc(C(=O)NCCNCCc2cnn(C)c2)cc1. The number of hydrogen-bond donors (Lipinski definition) is 2. The second kappa shape index (κ2) is 7.59. The topological polar surface area (TPSA) is 59.0 Å². The second-order valence-electron chi connectivity index (χ2n) is 5.14. The Morgan fingerprint density at radius 3 is 2.62 bits per heavy atom. The molecule has 21 heavy (non-hydrogen) atoms. The van der Waals surface area contributed by atoms with Crippen molar-refractivity contribution in [3.05, 3.63) is 53.3 Å². The smallest absolute Gasteiger partial charge is 0.251 e. The summed E-state index contributed by atoms with van der Waals surface area (Å²) in [4.78, 5) is 11.9. The third-order valence-electron chi connectivity index (χ3n) is 3.25. The fourth-order valence-electron chi connectivity index (χ4n) is 2.03. The molecule has 1 heterocycles. The maximum absolute atomic E-state index is 11.9. The lowest BCUT2D eigenvalue weighted by atomic mass is 10.1. The zero-order valence-corrected chi connectivity index (χ0v) is 12.6. The first-order valence-corrected chi connectivity index (χ1v) is 7.18. The van der Waals surface area contributed by atoms with E-state index in [-0.39, 0.29) is 5.91 Å². The Bertz CT molecular complexity index is 574. The molecular formula is C16H22N4O. The molecule has 0 fully saturated rings. The predicted octanol–water partition coefficient (Wildman–Crippen LogP) is 1.29. The molecule has 0 radical (unpaired) electrons. The molecule has 5 nitrogen and oxygen atoms in total. The molecule has 0 aliphatic rings. The Balaban J connectivity index is 1.59. The summed E-state index contributed by atoms with van der Waals surface area (Å²) in [5.74, 6) is -0.0240. The molecule has 0 aliphatic carbocycles. The Morgan fingerprint density at radius 1 is 1.19 bits per heavy atom. The molecule has 0 saturated heterocycles. The average Bonchev–Trinajstić information content (AvgIpc) is 2.89. The number of rotatable bonds is 7. The van der Waals surface area contributed by atoms with Crippen LogP contribution in [0.15, 0.2) is 36.7 Å². The number of nitrogens with zero attached hydrogens (tertiary/aromatic N) is 2. The zero-order valence-electron chi connectivity index (χ0n) is 12.6. The van der Waals surface area contributed by atoms with E-state index in [1.807, 2.05) is 50.6 Å². The summed E-state index contributed by atoms with van der Waals surface area (Å²) in [6.07, 6.45) is 4.83. The van der Waals surface area contributed by atoms with E-state index in [0.717, 1.165) is 25.1 Å². The molecule has 1 aromatic carbocycles. The van der Waals surface area contributed by atoms with Crippen LogP contribution in [0.5, 0.6) is 0 Å². The molecule has 0 spiro atoms. The highest BCUT2D eigenvalue weighted by molar-refractivity contribution is 5.94. The highest BCUT2D eigenvalue weighted by Gasteiger charge is 2.03. The minimum atomic E-state index is -0.0240. The van der Waals surface area contributed by atoms with Gasteiger partial charge in [-0.25, -0.2) is 0 Å². The van der Waals surface area contributed by atoms with Crippen molar-refractivity contribution in [3.8, 4) is 0 Å². The maximum atomic E-state index is 11.9.